The fourth-order valence-corrected chi connectivity index (χ4v) is 8.16. The molecule has 0 aliphatic heterocycles. The van der Waals surface area contributed by atoms with Crippen LogP contribution in [0.15, 0.2) is 128 Å². The minimum atomic E-state index is -0.218. The van der Waals surface area contributed by atoms with Crippen LogP contribution in [0.2, 0.25) is 0 Å². The van der Waals surface area contributed by atoms with Gasteiger partial charge < -0.3 is 9.30 Å². The fourth-order valence-electron chi connectivity index (χ4n) is 8.16. The van der Waals surface area contributed by atoms with Crippen LogP contribution in [0.1, 0.15) is 87.7 Å². The van der Waals surface area contributed by atoms with Crippen LogP contribution < -0.4 is 4.74 Å². The standard InChI is InChI=1S/C50H48N4O.Pt/c1-33-47(50(8,9)36-19-14-11-15-20-36)34(2)54(52-33)39-21-16-22-40(31-39)55-41-24-25-42-43-29-38(49(6,7)35-17-12-10-13-18-35)23-26-44(43)53(45(42)32-41)46-30-37(27-28-51-46)48(3,4)5;/h10-30H,1-9H3;/q-2;+2. The second-order valence-electron chi connectivity index (χ2n) is 16.7. The van der Waals surface area contributed by atoms with Gasteiger partial charge in [-0.2, -0.15) is 17.2 Å². The Morgan fingerprint density at radius 2 is 1.25 bits per heavy atom. The Morgan fingerprint density at radius 3 is 1.93 bits per heavy atom. The summed E-state index contributed by atoms with van der Waals surface area (Å²) >= 11 is 0. The van der Waals surface area contributed by atoms with Gasteiger partial charge in [0, 0.05) is 45.3 Å². The minimum Gasteiger partial charge on any atom is -0.509 e. The van der Waals surface area contributed by atoms with Crippen molar-refractivity contribution in [2.75, 3.05) is 0 Å². The second kappa shape index (κ2) is 14.7. The largest absolute Gasteiger partial charge is 2.00 e. The third kappa shape index (κ3) is 6.92. The second-order valence-corrected chi connectivity index (χ2v) is 16.7. The molecule has 0 bridgehead atoms. The van der Waals surface area contributed by atoms with Crippen molar-refractivity contribution in [3.05, 3.63) is 179 Å². The maximum Gasteiger partial charge on any atom is 2.00 e. The Kier molecular flexibility index (Phi) is 10.2. The summed E-state index contributed by atoms with van der Waals surface area (Å²) in [7, 11) is 0. The van der Waals surface area contributed by atoms with Gasteiger partial charge in [0.2, 0.25) is 0 Å². The van der Waals surface area contributed by atoms with Crippen LogP contribution >= 0.6 is 0 Å². The quantitative estimate of drug-likeness (QED) is 0.143. The monoisotopic (exact) mass is 915 g/mol. The molecule has 3 heterocycles. The van der Waals surface area contributed by atoms with E-state index in [-0.39, 0.29) is 37.3 Å². The van der Waals surface area contributed by atoms with Crippen LogP contribution in [0.5, 0.6) is 11.5 Å². The van der Waals surface area contributed by atoms with Crippen molar-refractivity contribution in [2.24, 2.45) is 0 Å². The first-order valence-corrected chi connectivity index (χ1v) is 19.1. The van der Waals surface area contributed by atoms with Crippen LogP contribution in [-0.2, 0) is 37.3 Å². The van der Waals surface area contributed by atoms with Gasteiger partial charge in [-0.25, -0.2) is 4.98 Å². The third-order valence-electron chi connectivity index (χ3n) is 11.3. The van der Waals surface area contributed by atoms with E-state index in [2.05, 4.69) is 176 Å². The molecule has 8 aromatic rings. The van der Waals surface area contributed by atoms with Gasteiger partial charge in [-0.05, 0) is 70.8 Å². The molecule has 3 aromatic heterocycles. The Balaban J connectivity index is 0.00000480. The number of rotatable bonds is 8. The maximum atomic E-state index is 6.58. The molecule has 5 aromatic carbocycles. The molecule has 5 nitrogen and oxygen atoms in total. The average Bonchev–Trinajstić information content (AvgIpc) is 3.67. The first kappa shape index (κ1) is 39.0. The van der Waals surface area contributed by atoms with E-state index in [1.54, 1.807) is 0 Å². The fraction of sp³-hybridized carbons (Fsp3) is 0.240. The van der Waals surface area contributed by atoms with Crippen LogP contribution in [-0.4, -0.2) is 19.3 Å². The zero-order chi connectivity index (χ0) is 38.7. The normalized spacial score (nSPS) is 12.2. The zero-order valence-corrected chi connectivity index (χ0v) is 35.9. The van der Waals surface area contributed by atoms with Crippen molar-refractivity contribution < 1.29 is 25.8 Å². The number of aromatic nitrogens is 4. The van der Waals surface area contributed by atoms with E-state index in [0.717, 1.165) is 44.7 Å². The van der Waals surface area contributed by atoms with E-state index in [1.165, 1.54) is 27.8 Å². The molecule has 56 heavy (non-hydrogen) atoms. The van der Waals surface area contributed by atoms with E-state index in [9.17, 15) is 0 Å². The smallest absolute Gasteiger partial charge is 0.509 e. The van der Waals surface area contributed by atoms with Gasteiger partial charge in [0.1, 0.15) is 5.82 Å². The number of hydrogen-bond donors (Lipinski definition) is 0. The Morgan fingerprint density at radius 1 is 0.589 bits per heavy atom. The topological polar surface area (TPSA) is 44.9 Å². The summed E-state index contributed by atoms with van der Waals surface area (Å²) in [6.07, 6.45) is 1.91. The number of hydrogen-bond acceptors (Lipinski definition) is 3. The van der Waals surface area contributed by atoms with Gasteiger partial charge in [0.25, 0.3) is 0 Å². The minimum absolute atomic E-state index is 0. The zero-order valence-electron chi connectivity index (χ0n) is 33.6. The molecule has 0 fully saturated rings. The predicted octanol–water partition coefficient (Wildman–Crippen LogP) is 12.3. The van der Waals surface area contributed by atoms with E-state index >= 15 is 0 Å². The molecule has 6 heteroatoms. The van der Waals surface area contributed by atoms with Crippen molar-refractivity contribution in [2.45, 2.75) is 78.6 Å². The average molecular weight is 916 g/mol. The molecule has 0 aliphatic rings. The molecule has 0 unspecified atom stereocenters. The number of benzene rings is 5. The molecule has 0 spiro atoms. The van der Waals surface area contributed by atoms with Gasteiger partial charge >= 0.3 is 21.1 Å². The van der Waals surface area contributed by atoms with Crippen molar-refractivity contribution in [1.29, 1.82) is 0 Å². The predicted molar refractivity (Wildman–Crippen MR) is 225 cm³/mol. The molecule has 0 aliphatic carbocycles. The summed E-state index contributed by atoms with van der Waals surface area (Å²) in [6.45, 7) is 20.0. The SMILES string of the molecule is Cc1nn(-c2[c-]c(Oc3[c-]c4c(cc3)c3cc(C(C)(C)c5ccccc5)ccc3n4-c3cc(C(C)(C)C)ccn3)ccc2)c(C)c1C(C)(C)c1ccccc1.[Pt+2]. The van der Waals surface area contributed by atoms with Crippen molar-refractivity contribution in [3.63, 3.8) is 0 Å². The molecular weight excluding hydrogens is 868 g/mol. The summed E-state index contributed by atoms with van der Waals surface area (Å²) in [6, 6.07) is 49.7. The third-order valence-corrected chi connectivity index (χ3v) is 11.3. The van der Waals surface area contributed by atoms with Crippen molar-refractivity contribution in [1.82, 2.24) is 19.3 Å². The molecule has 0 atom stereocenters. The van der Waals surface area contributed by atoms with Gasteiger partial charge in [0.05, 0.1) is 5.69 Å². The molecule has 0 saturated carbocycles. The van der Waals surface area contributed by atoms with Gasteiger partial charge in [-0.15, -0.1) is 35.7 Å². The van der Waals surface area contributed by atoms with Gasteiger partial charge in [-0.1, -0.05) is 127 Å². The number of aryl methyl sites for hydroxylation is 1. The van der Waals surface area contributed by atoms with Crippen molar-refractivity contribution in [3.8, 4) is 23.0 Å². The van der Waals surface area contributed by atoms with Gasteiger partial charge in [0.15, 0.2) is 0 Å². The molecule has 0 radical (unpaired) electrons. The summed E-state index contributed by atoms with van der Waals surface area (Å²) < 4.78 is 10.8. The summed E-state index contributed by atoms with van der Waals surface area (Å²) in [4.78, 5) is 4.91. The first-order valence-electron chi connectivity index (χ1n) is 19.1. The summed E-state index contributed by atoms with van der Waals surface area (Å²) in [5.41, 5.74) is 10.6. The Labute approximate surface area is 345 Å². The van der Waals surface area contributed by atoms with E-state index in [4.69, 9.17) is 14.8 Å². The number of fused-ring (bicyclic) bond motifs is 3. The van der Waals surface area contributed by atoms with E-state index in [0.29, 0.717) is 11.5 Å². The number of pyridine rings is 1. The molecule has 284 valence electrons. The van der Waals surface area contributed by atoms with Crippen molar-refractivity contribution >= 4 is 21.8 Å². The van der Waals surface area contributed by atoms with Crippen LogP contribution in [0.3, 0.4) is 0 Å². The number of nitrogens with zero attached hydrogens (tertiary/aromatic N) is 4. The van der Waals surface area contributed by atoms with Crippen LogP contribution in [0, 0.1) is 26.0 Å². The van der Waals surface area contributed by atoms with Gasteiger partial charge in [-0.3, -0.25) is 4.68 Å². The molecule has 0 amide bonds. The maximum absolute atomic E-state index is 6.58. The Hall–Kier alpha value is -5.25. The molecule has 0 N–H and O–H groups in total. The first-order chi connectivity index (χ1) is 26.2. The summed E-state index contributed by atoms with van der Waals surface area (Å²) in [5, 5.41) is 7.25. The number of ether oxygens (including phenoxy) is 1. The van der Waals surface area contributed by atoms with Crippen LogP contribution in [0.4, 0.5) is 0 Å². The Bertz CT molecular complexity index is 2680. The van der Waals surface area contributed by atoms with E-state index in [1.807, 2.05) is 35.1 Å². The summed E-state index contributed by atoms with van der Waals surface area (Å²) in [5.74, 6) is 2.04. The van der Waals surface area contributed by atoms with Crippen LogP contribution in [0.25, 0.3) is 33.3 Å². The molecule has 8 rings (SSSR count). The molecule has 0 saturated heterocycles. The van der Waals surface area contributed by atoms with E-state index < -0.39 is 0 Å². The molecular formula is C50H48N4OPt.